The van der Waals surface area contributed by atoms with Crippen molar-refractivity contribution < 1.29 is 4.84 Å². The number of fused-ring (bicyclic) bond motifs is 2. The third kappa shape index (κ3) is 1.61. The number of oxime groups is 1. The lowest BCUT2D eigenvalue weighted by Crippen LogP contribution is -2.37. The summed E-state index contributed by atoms with van der Waals surface area (Å²) >= 11 is 0. The maximum Gasteiger partial charge on any atom is 0.140 e. The second-order valence-electron chi connectivity index (χ2n) is 3.74. The van der Waals surface area contributed by atoms with Crippen molar-refractivity contribution in [1.82, 2.24) is 4.90 Å². The van der Waals surface area contributed by atoms with Crippen LogP contribution in [0.2, 0.25) is 0 Å². The molecule has 0 aromatic heterocycles. The maximum absolute atomic E-state index is 5.34. The number of piperidine rings is 1. The number of hydrogen-bond acceptors (Lipinski definition) is 3. The molecule has 0 saturated carbocycles. The molecule has 68 valence electrons. The molecule has 0 spiro atoms. The molecule has 0 N–H and O–H groups in total. The minimum Gasteiger partial charge on any atom is -0.391 e. The molecule has 0 radical (unpaired) electrons. The highest BCUT2D eigenvalue weighted by molar-refractivity contribution is 5.52. The number of hydrogen-bond donors (Lipinski definition) is 0. The second kappa shape index (κ2) is 3.44. The molecule has 3 heteroatoms. The van der Waals surface area contributed by atoms with Crippen LogP contribution in [0.4, 0.5) is 0 Å². The first-order valence-electron chi connectivity index (χ1n) is 4.74. The average Bonchev–Trinajstić information content (AvgIpc) is 2.42. The summed E-state index contributed by atoms with van der Waals surface area (Å²) in [6.07, 6.45) is 4.62. The SMILES string of the molecule is CC=NOC1CC2CCN(C2)C1. The van der Waals surface area contributed by atoms with Gasteiger partial charge in [0, 0.05) is 19.3 Å². The van der Waals surface area contributed by atoms with Gasteiger partial charge in [0.1, 0.15) is 6.10 Å². The molecular formula is C9H16N2O. The molecular weight excluding hydrogens is 152 g/mol. The van der Waals surface area contributed by atoms with Gasteiger partial charge in [-0.1, -0.05) is 5.16 Å². The molecule has 0 aliphatic carbocycles. The minimum absolute atomic E-state index is 0.349. The van der Waals surface area contributed by atoms with Crippen LogP contribution in [0.5, 0.6) is 0 Å². The highest BCUT2D eigenvalue weighted by atomic mass is 16.6. The van der Waals surface area contributed by atoms with Gasteiger partial charge in [-0.3, -0.25) is 4.90 Å². The van der Waals surface area contributed by atoms with Crippen molar-refractivity contribution in [3.05, 3.63) is 0 Å². The zero-order valence-electron chi connectivity index (χ0n) is 7.57. The Hall–Kier alpha value is -0.570. The molecule has 0 amide bonds. The molecule has 2 fully saturated rings. The van der Waals surface area contributed by atoms with Crippen molar-refractivity contribution in [3.8, 4) is 0 Å². The third-order valence-corrected chi connectivity index (χ3v) is 2.74. The smallest absolute Gasteiger partial charge is 0.140 e. The Morgan fingerprint density at radius 3 is 3.17 bits per heavy atom. The molecule has 2 saturated heterocycles. The van der Waals surface area contributed by atoms with Crippen LogP contribution in [-0.4, -0.2) is 36.9 Å². The summed E-state index contributed by atoms with van der Waals surface area (Å²) in [5.41, 5.74) is 0. The van der Waals surface area contributed by atoms with E-state index in [1.165, 1.54) is 25.9 Å². The van der Waals surface area contributed by atoms with E-state index >= 15 is 0 Å². The summed E-state index contributed by atoms with van der Waals surface area (Å²) in [5.74, 6) is 0.871. The van der Waals surface area contributed by atoms with Crippen molar-refractivity contribution in [2.45, 2.75) is 25.9 Å². The van der Waals surface area contributed by atoms with Crippen LogP contribution in [0.25, 0.3) is 0 Å². The lowest BCUT2D eigenvalue weighted by atomic mass is 9.99. The van der Waals surface area contributed by atoms with E-state index in [9.17, 15) is 0 Å². The highest BCUT2D eigenvalue weighted by Gasteiger charge is 2.33. The summed E-state index contributed by atoms with van der Waals surface area (Å²) in [4.78, 5) is 7.82. The van der Waals surface area contributed by atoms with E-state index in [1.54, 1.807) is 6.21 Å². The molecule has 2 rings (SSSR count). The zero-order valence-corrected chi connectivity index (χ0v) is 7.57. The number of nitrogens with zero attached hydrogens (tertiary/aromatic N) is 2. The van der Waals surface area contributed by atoms with Gasteiger partial charge < -0.3 is 4.84 Å². The van der Waals surface area contributed by atoms with Crippen molar-refractivity contribution in [3.63, 3.8) is 0 Å². The maximum atomic E-state index is 5.34. The zero-order chi connectivity index (χ0) is 8.39. The first-order chi connectivity index (χ1) is 5.88. The number of rotatable bonds is 2. The third-order valence-electron chi connectivity index (χ3n) is 2.74. The van der Waals surface area contributed by atoms with Gasteiger partial charge in [-0.2, -0.15) is 0 Å². The first-order valence-corrected chi connectivity index (χ1v) is 4.74. The van der Waals surface area contributed by atoms with E-state index in [0.717, 1.165) is 12.5 Å². The van der Waals surface area contributed by atoms with Gasteiger partial charge in [0.25, 0.3) is 0 Å². The second-order valence-corrected chi connectivity index (χ2v) is 3.74. The van der Waals surface area contributed by atoms with Gasteiger partial charge in [0.15, 0.2) is 0 Å². The lowest BCUT2D eigenvalue weighted by Gasteiger charge is -2.27. The molecule has 0 aromatic carbocycles. The summed E-state index contributed by atoms with van der Waals surface area (Å²) < 4.78 is 0. The fourth-order valence-electron chi connectivity index (χ4n) is 2.23. The molecule has 3 nitrogen and oxygen atoms in total. The van der Waals surface area contributed by atoms with Crippen LogP contribution in [-0.2, 0) is 4.84 Å². The Morgan fingerprint density at radius 2 is 2.42 bits per heavy atom. The fourth-order valence-corrected chi connectivity index (χ4v) is 2.23. The van der Waals surface area contributed by atoms with E-state index < -0.39 is 0 Å². The van der Waals surface area contributed by atoms with E-state index in [4.69, 9.17) is 4.84 Å². The fraction of sp³-hybridized carbons (Fsp3) is 0.889. The van der Waals surface area contributed by atoms with Crippen molar-refractivity contribution in [2.24, 2.45) is 11.1 Å². The molecule has 2 aliphatic heterocycles. The van der Waals surface area contributed by atoms with Crippen LogP contribution < -0.4 is 0 Å². The van der Waals surface area contributed by atoms with E-state index in [2.05, 4.69) is 10.1 Å². The van der Waals surface area contributed by atoms with Gasteiger partial charge in [-0.05, 0) is 32.2 Å². The highest BCUT2D eigenvalue weighted by Crippen LogP contribution is 2.28. The van der Waals surface area contributed by atoms with Crippen LogP contribution >= 0.6 is 0 Å². The van der Waals surface area contributed by atoms with Crippen LogP contribution in [0, 0.1) is 5.92 Å². The topological polar surface area (TPSA) is 24.8 Å². The predicted octanol–water partition coefficient (Wildman–Crippen LogP) is 1.10. The average molecular weight is 168 g/mol. The quantitative estimate of drug-likeness (QED) is 0.455. The van der Waals surface area contributed by atoms with Gasteiger partial charge in [0.05, 0.1) is 0 Å². The summed E-state index contributed by atoms with van der Waals surface area (Å²) in [5, 5.41) is 3.84. The van der Waals surface area contributed by atoms with Gasteiger partial charge >= 0.3 is 0 Å². The van der Waals surface area contributed by atoms with Crippen LogP contribution in [0.1, 0.15) is 19.8 Å². The minimum atomic E-state index is 0.349. The van der Waals surface area contributed by atoms with Gasteiger partial charge in [0.2, 0.25) is 0 Å². The van der Waals surface area contributed by atoms with E-state index in [0.29, 0.717) is 6.10 Å². The Kier molecular flexibility index (Phi) is 2.30. The standard InChI is InChI=1S/C9H16N2O/c1-2-10-12-9-5-8-3-4-11(6-8)7-9/h2,8-9H,3-7H2,1H3. The summed E-state index contributed by atoms with van der Waals surface area (Å²) in [6.45, 7) is 5.52. The van der Waals surface area contributed by atoms with Crippen LogP contribution in [0.3, 0.4) is 0 Å². The molecule has 2 heterocycles. The Labute approximate surface area is 73.4 Å². The predicted molar refractivity (Wildman–Crippen MR) is 48.2 cm³/mol. The van der Waals surface area contributed by atoms with Gasteiger partial charge in [-0.25, -0.2) is 0 Å². The molecule has 0 aromatic rings. The molecule has 3 unspecified atom stereocenters. The van der Waals surface area contributed by atoms with Crippen molar-refractivity contribution in [2.75, 3.05) is 19.6 Å². The van der Waals surface area contributed by atoms with Gasteiger partial charge in [-0.15, -0.1) is 0 Å². The van der Waals surface area contributed by atoms with Crippen molar-refractivity contribution in [1.29, 1.82) is 0 Å². The molecule has 12 heavy (non-hydrogen) atoms. The Morgan fingerprint density at radius 1 is 1.50 bits per heavy atom. The molecule has 2 aliphatic rings. The Balaban J connectivity index is 1.85. The van der Waals surface area contributed by atoms with E-state index in [1.807, 2.05) is 6.92 Å². The monoisotopic (exact) mass is 168 g/mol. The Bertz CT molecular complexity index is 169. The first kappa shape index (κ1) is 8.05. The lowest BCUT2D eigenvalue weighted by molar-refractivity contribution is 0.00619. The molecule has 3 atom stereocenters. The normalized spacial score (nSPS) is 40.6. The summed E-state index contributed by atoms with van der Waals surface area (Å²) in [7, 11) is 0. The van der Waals surface area contributed by atoms with E-state index in [-0.39, 0.29) is 0 Å². The summed E-state index contributed by atoms with van der Waals surface area (Å²) in [6, 6.07) is 0. The molecule has 2 bridgehead atoms. The van der Waals surface area contributed by atoms with Crippen LogP contribution in [0.15, 0.2) is 5.16 Å². The van der Waals surface area contributed by atoms with Crippen molar-refractivity contribution >= 4 is 6.21 Å². The largest absolute Gasteiger partial charge is 0.391 e.